The van der Waals surface area contributed by atoms with Crippen molar-refractivity contribution in [1.82, 2.24) is 4.37 Å². The Balaban J connectivity index is 2.05. The van der Waals surface area contributed by atoms with E-state index in [2.05, 4.69) is 17.4 Å². The highest BCUT2D eigenvalue weighted by Gasteiger charge is 2.29. The Bertz CT molecular complexity index is 313. The van der Waals surface area contributed by atoms with E-state index in [0.29, 0.717) is 6.10 Å². The molecule has 2 heterocycles. The van der Waals surface area contributed by atoms with Gasteiger partial charge in [0.25, 0.3) is 0 Å². The molecule has 3 unspecified atom stereocenters. The van der Waals surface area contributed by atoms with Gasteiger partial charge in [-0.25, -0.2) is 0 Å². The molecule has 14 heavy (non-hydrogen) atoms. The van der Waals surface area contributed by atoms with Gasteiger partial charge in [-0.1, -0.05) is 0 Å². The van der Waals surface area contributed by atoms with E-state index in [0.717, 1.165) is 23.4 Å². The van der Waals surface area contributed by atoms with E-state index >= 15 is 0 Å². The minimum absolute atomic E-state index is 0.00569. The first kappa shape index (κ1) is 10.1. The molecule has 2 rings (SSSR count). The molecular weight excluding hydrogens is 196 g/mol. The molecule has 0 radical (unpaired) electrons. The molecule has 1 saturated heterocycles. The lowest BCUT2D eigenvalue weighted by atomic mass is 10.1. The van der Waals surface area contributed by atoms with E-state index in [4.69, 9.17) is 10.5 Å². The molecule has 0 saturated carbocycles. The largest absolute Gasteiger partial charge is 0.373 e. The molecule has 1 fully saturated rings. The van der Waals surface area contributed by atoms with Crippen LogP contribution < -0.4 is 5.73 Å². The standard InChI is InChI=1S/C10H16N2OS/c1-6-5-9(14-12-6)10(11)8-4-3-7(2)13-8/h5,7-8,10H,3-4,11H2,1-2H3. The van der Waals surface area contributed by atoms with Crippen LogP contribution in [0.5, 0.6) is 0 Å². The third kappa shape index (κ3) is 1.97. The number of aromatic nitrogens is 1. The summed E-state index contributed by atoms with van der Waals surface area (Å²) in [5.74, 6) is 0. The highest BCUT2D eigenvalue weighted by Crippen LogP contribution is 2.30. The summed E-state index contributed by atoms with van der Waals surface area (Å²) in [6.45, 7) is 4.09. The Kier molecular flexibility index (Phi) is 2.85. The van der Waals surface area contributed by atoms with Gasteiger partial charge in [0.2, 0.25) is 0 Å². The molecule has 0 spiro atoms. The number of nitrogens with zero attached hydrogens (tertiary/aromatic N) is 1. The van der Waals surface area contributed by atoms with E-state index < -0.39 is 0 Å². The number of ether oxygens (including phenoxy) is 1. The van der Waals surface area contributed by atoms with Crippen molar-refractivity contribution in [2.75, 3.05) is 0 Å². The van der Waals surface area contributed by atoms with Crippen LogP contribution in [0.2, 0.25) is 0 Å². The van der Waals surface area contributed by atoms with Crippen molar-refractivity contribution in [1.29, 1.82) is 0 Å². The molecule has 4 heteroatoms. The molecule has 0 amide bonds. The van der Waals surface area contributed by atoms with E-state index in [-0.39, 0.29) is 12.1 Å². The Hall–Kier alpha value is -0.450. The summed E-state index contributed by atoms with van der Waals surface area (Å²) in [4.78, 5) is 1.14. The van der Waals surface area contributed by atoms with Crippen LogP contribution in [0.4, 0.5) is 0 Å². The van der Waals surface area contributed by atoms with Crippen molar-refractivity contribution in [2.45, 2.75) is 44.9 Å². The molecule has 3 nitrogen and oxygen atoms in total. The van der Waals surface area contributed by atoms with Gasteiger partial charge in [-0.3, -0.25) is 0 Å². The predicted molar refractivity (Wildman–Crippen MR) is 57.3 cm³/mol. The van der Waals surface area contributed by atoms with E-state index in [1.54, 1.807) is 0 Å². The molecule has 1 aliphatic heterocycles. The van der Waals surface area contributed by atoms with Crippen molar-refractivity contribution in [3.63, 3.8) is 0 Å². The van der Waals surface area contributed by atoms with Crippen molar-refractivity contribution in [3.05, 3.63) is 16.6 Å². The third-order valence-electron chi connectivity index (χ3n) is 2.64. The minimum Gasteiger partial charge on any atom is -0.373 e. The number of hydrogen-bond donors (Lipinski definition) is 1. The normalized spacial score (nSPS) is 29.4. The maximum Gasteiger partial charge on any atom is 0.0780 e. The first-order chi connectivity index (χ1) is 6.66. The number of nitrogens with two attached hydrogens (primary N) is 1. The first-order valence-electron chi connectivity index (χ1n) is 5.01. The van der Waals surface area contributed by atoms with Gasteiger partial charge >= 0.3 is 0 Å². The maximum absolute atomic E-state index is 6.12. The highest BCUT2D eigenvalue weighted by atomic mass is 32.1. The van der Waals surface area contributed by atoms with Gasteiger partial charge in [0.1, 0.15) is 0 Å². The number of aryl methyl sites for hydroxylation is 1. The van der Waals surface area contributed by atoms with Gasteiger partial charge in [0.05, 0.1) is 23.9 Å². The van der Waals surface area contributed by atoms with Crippen molar-refractivity contribution in [3.8, 4) is 0 Å². The fraction of sp³-hybridized carbons (Fsp3) is 0.700. The second-order valence-electron chi connectivity index (χ2n) is 3.96. The van der Waals surface area contributed by atoms with Crippen molar-refractivity contribution >= 4 is 11.5 Å². The average molecular weight is 212 g/mol. The summed E-state index contributed by atoms with van der Waals surface area (Å²) in [5.41, 5.74) is 7.17. The van der Waals surface area contributed by atoms with Gasteiger partial charge in [0, 0.05) is 4.88 Å². The Morgan fingerprint density at radius 1 is 1.64 bits per heavy atom. The predicted octanol–water partition coefficient (Wildman–Crippen LogP) is 2.02. The van der Waals surface area contributed by atoms with Crippen LogP contribution in [0.15, 0.2) is 6.07 Å². The molecule has 1 aromatic rings. The minimum atomic E-state index is 0.00569. The van der Waals surface area contributed by atoms with Crippen LogP contribution in [-0.4, -0.2) is 16.6 Å². The molecular formula is C10H16N2OS. The molecule has 78 valence electrons. The van der Waals surface area contributed by atoms with Gasteiger partial charge < -0.3 is 10.5 Å². The Morgan fingerprint density at radius 3 is 2.93 bits per heavy atom. The number of hydrogen-bond acceptors (Lipinski definition) is 4. The lowest BCUT2D eigenvalue weighted by Crippen LogP contribution is -2.25. The zero-order chi connectivity index (χ0) is 10.1. The zero-order valence-corrected chi connectivity index (χ0v) is 9.38. The SMILES string of the molecule is Cc1cc(C(N)C2CCC(C)O2)sn1. The van der Waals surface area contributed by atoms with Crippen LogP contribution in [0.1, 0.15) is 36.4 Å². The summed E-state index contributed by atoms with van der Waals surface area (Å²) in [6.07, 6.45) is 2.74. The lowest BCUT2D eigenvalue weighted by Gasteiger charge is -2.17. The fourth-order valence-corrected chi connectivity index (χ4v) is 2.62. The maximum atomic E-state index is 6.12. The van der Waals surface area contributed by atoms with E-state index in [9.17, 15) is 0 Å². The smallest absolute Gasteiger partial charge is 0.0780 e. The summed E-state index contributed by atoms with van der Waals surface area (Å²) in [6, 6.07) is 2.06. The average Bonchev–Trinajstić information content (AvgIpc) is 2.73. The quantitative estimate of drug-likeness (QED) is 0.816. The molecule has 0 bridgehead atoms. The molecule has 0 aromatic carbocycles. The topological polar surface area (TPSA) is 48.1 Å². The van der Waals surface area contributed by atoms with E-state index in [1.165, 1.54) is 11.5 Å². The van der Waals surface area contributed by atoms with E-state index in [1.807, 2.05) is 6.92 Å². The lowest BCUT2D eigenvalue weighted by molar-refractivity contribution is 0.0408. The summed E-state index contributed by atoms with van der Waals surface area (Å²) < 4.78 is 9.97. The van der Waals surface area contributed by atoms with Gasteiger partial charge in [-0.05, 0) is 44.3 Å². The second-order valence-corrected chi connectivity index (χ2v) is 4.80. The molecule has 3 atom stereocenters. The van der Waals surface area contributed by atoms with Crippen LogP contribution in [0, 0.1) is 6.92 Å². The van der Waals surface area contributed by atoms with Gasteiger partial charge in [0.15, 0.2) is 0 Å². The molecule has 2 N–H and O–H groups in total. The fourth-order valence-electron chi connectivity index (χ4n) is 1.82. The van der Waals surface area contributed by atoms with Gasteiger partial charge in [-0.15, -0.1) is 0 Å². The monoisotopic (exact) mass is 212 g/mol. The zero-order valence-electron chi connectivity index (χ0n) is 8.56. The number of rotatable bonds is 2. The summed E-state index contributed by atoms with van der Waals surface area (Å²) in [7, 11) is 0. The third-order valence-corrected chi connectivity index (χ3v) is 3.62. The van der Waals surface area contributed by atoms with Crippen LogP contribution in [0.3, 0.4) is 0 Å². The summed E-state index contributed by atoms with van der Waals surface area (Å²) in [5, 5.41) is 0. The van der Waals surface area contributed by atoms with Crippen LogP contribution >= 0.6 is 11.5 Å². The van der Waals surface area contributed by atoms with Crippen LogP contribution in [-0.2, 0) is 4.74 Å². The first-order valence-corrected chi connectivity index (χ1v) is 5.78. The molecule has 0 aliphatic carbocycles. The van der Waals surface area contributed by atoms with Gasteiger partial charge in [-0.2, -0.15) is 4.37 Å². The molecule has 1 aromatic heterocycles. The van der Waals surface area contributed by atoms with Crippen molar-refractivity contribution in [2.24, 2.45) is 5.73 Å². The Morgan fingerprint density at radius 2 is 2.43 bits per heavy atom. The summed E-state index contributed by atoms with van der Waals surface area (Å²) >= 11 is 1.49. The Labute approximate surface area is 88.4 Å². The molecule has 1 aliphatic rings. The highest BCUT2D eigenvalue weighted by molar-refractivity contribution is 7.05. The van der Waals surface area contributed by atoms with Crippen LogP contribution in [0.25, 0.3) is 0 Å². The van der Waals surface area contributed by atoms with Crippen molar-refractivity contribution < 1.29 is 4.74 Å². The second kappa shape index (κ2) is 3.96.